The second kappa shape index (κ2) is 3.41. The largest absolute Gasteiger partial charge is 0.365 e. The van der Waals surface area contributed by atoms with E-state index in [0.29, 0.717) is 6.04 Å². The zero-order valence-electron chi connectivity index (χ0n) is 7.13. The van der Waals surface area contributed by atoms with Crippen molar-refractivity contribution >= 4 is 16.5 Å². The van der Waals surface area contributed by atoms with Gasteiger partial charge in [0.2, 0.25) is 0 Å². The van der Waals surface area contributed by atoms with Crippen LogP contribution in [0.25, 0.3) is 0 Å². The van der Waals surface area contributed by atoms with Crippen molar-refractivity contribution in [3.8, 4) is 0 Å². The van der Waals surface area contributed by atoms with E-state index in [1.165, 1.54) is 18.5 Å². The average molecular weight is 183 g/mol. The van der Waals surface area contributed by atoms with Gasteiger partial charge in [0.05, 0.1) is 11.7 Å². The molecule has 0 radical (unpaired) electrons. The molecule has 2 N–H and O–H groups in total. The second-order valence-corrected chi connectivity index (χ2v) is 3.83. The molecular weight excluding hydrogens is 170 g/mol. The first kappa shape index (κ1) is 8.01. The fourth-order valence-electron chi connectivity index (χ4n) is 1.50. The van der Waals surface area contributed by atoms with Crippen molar-refractivity contribution in [2.45, 2.75) is 18.9 Å². The Kier molecular flexibility index (Phi) is 2.28. The van der Waals surface area contributed by atoms with Gasteiger partial charge >= 0.3 is 0 Å². The third kappa shape index (κ3) is 1.44. The number of aromatic nitrogens is 1. The Morgan fingerprint density at radius 2 is 2.67 bits per heavy atom. The molecular formula is C8H13N3S. The van der Waals surface area contributed by atoms with Crippen molar-refractivity contribution in [1.29, 1.82) is 0 Å². The molecule has 12 heavy (non-hydrogen) atoms. The Morgan fingerprint density at radius 3 is 3.25 bits per heavy atom. The van der Waals surface area contributed by atoms with Crippen molar-refractivity contribution in [2.24, 2.45) is 0 Å². The summed E-state index contributed by atoms with van der Waals surface area (Å²) in [5, 5.41) is 9.62. The van der Waals surface area contributed by atoms with Crippen LogP contribution in [0.4, 0.5) is 5.13 Å². The van der Waals surface area contributed by atoms with E-state index in [2.05, 4.69) is 21.0 Å². The van der Waals surface area contributed by atoms with Crippen molar-refractivity contribution in [1.82, 2.24) is 10.3 Å². The Labute approximate surface area is 76.2 Å². The van der Waals surface area contributed by atoms with Gasteiger partial charge in [-0.3, -0.25) is 0 Å². The van der Waals surface area contributed by atoms with E-state index in [1.807, 2.05) is 7.05 Å². The maximum atomic E-state index is 4.46. The lowest BCUT2D eigenvalue weighted by Crippen LogP contribution is -2.13. The second-order valence-electron chi connectivity index (χ2n) is 2.98. The Bertz CT molecular complexity index is 253. The van der Waals surface area contributed by atoms with Gasteiger partial charge in [-0.05, 0) is 19.4 Å². The summed E-state index contributed by atoms with van der Waals surface area (Å²) >= 11 is 1.67. The summed E-state index contributed by atoms with van der Waals surface area (Å²) in [6.07, 6.45) is 2.50. The third-order valence-electron chi connectivity index (χ3n) is 2.15. The lowest BCUT2D eigenvalue weighted by atomic mass is 10.2. The number of rotatable bonds is 2. The van der Waals surface area contributed by atoms with Gasteiger partial charge in [-0.15, -0.1) is 11.3 Å². The highest BCUT2D eigenvalue weighted by Gasteiger charge is 2.18. The van der Waals surface area contributed by atoms with E-state index >= 15 is 0 Å². The van der Waals surface area contributed by atoms with Crippen LogP contribution in [0.3, 0.4) is 0 Å². The van der Waals surface area contributed by atoms with Crippen LogP contribution in [-0.4, -0.2) is 18.6 Å². The molecule has 66 valence electrons. The zero-order chi connectivity index (χ0) is 8.39. The van der Waals surface area contributed by atoms with E-state index in [1.54, 1.807) is 11.3 Å². The Hall–Kier alpha value is -0.610. The van der Waals surface area contributed by atoms with Crippen LogP contribution in [0.5, 0.6) is 0 Å². The van der Waals surface area contributed by atoms with Gasteiger partial charge in [0, 0.05) is 12.4 Å². The molecule has 1 aromatic rings. The number of nitrogens with zero attached hydrogens (tertiary/aromatic N) is 1. The SMILES string of the molecule is CNc1nc(C2CCCN2)cs1. The molecule has 0 bridgehead atoms. The summed E-state index contributed by atoms with van der Waals surface area (Å²) in [6, 6.07) is 0.503. The molecule has 2 rings (SSSR count). The van der Waals surface area contributed by atoms with Crippen LogP contribution in [0, 0.1) is 0 Å². The molecule has 1 aliphatic heterocycles. The minimum Gasteiger partial charge on any atom is -0.365 e. The van der Waals surface area contributed by atoms with Crippen LogP contribution in [0.2, 0.25) is 0 Å². The highest BCUT2D eigenvalue weighted by molar-refractivity contribution is 7.13. The zero-order valence-corrected chi connectivity index (χ0v) is 7.95. The van der Waals surface area contributed by atoms with Crippen molar-refractivity contribution in [2.75, 3.05) is 18.9 Å². The predicted octanol–water partition coefficient (Wildman–Crippen LogP) is 1.61. The standard InChI is InChI=1S/C8H13N3S/c1-9-8-11-7(5-12-8)6-3-2-4-10-6/h5-6,10H,2-4H2,1H3,(H,9,11). The lowest BCUT2D eigenvalue weighted by Gasteiger charge is -2.04. The topological polar surface area (TPSA) is 37.0 Å². The van der Waals surface area contributed by atoms with Gasteiger partial charge in [-0.1, -0.05) is 0 Å². The lowest BCUT2D eigenvalue weighted by molar-refractivity contribution is 0.632. The first-order valence-electron chi connectivity index (χ1n) is 4.26. The van der Waals surface area contributed by atoms with E-state index in [-0.39, 0.29) is 0 Å². The first-order chi connectivity index (χ1) is 5.90. The van der Waals surface area contributed by atoms with Crippen LogP contribution in [-0.2, 0) is 0 Å². The molecule has 1 unspecified atom stereocenters. The van der Waals surface area contributed by atoms with Gasteiger partial charge in [-0.25, -0.2) is 4.98 Å². The normalized spacial score (nSPS) is 22.9. The quantitative estimate of drug-likeness (QED) is 0.731. The molecule has 2 heterocycles. The van der Waals surface area contributed by atoms with Crippen LogP contribution >= 0.6 is 11.3 Å². The van der Waals surface area contributed by atoms with Crippen LogP contribution in [0.15, 0.2) is 5.38 Å². The highest BCUT2D eigenvalue weighted by Crippen LogP contribution is 2.25. The summed E-state index contributed by atoms with van der Waals surface area (Å²) in [5.41, 5.74) is 1.20. The molecule has 0 saturated carbocycles. The molecule has 1 aromatic heterocycles. The maximum Gasteiger partial charge on any atom is 0.182 e. The molecule has 4 heteroatoms. The van der Waals surface area contributed by atoms with E-state index in [9.17, 15) is 0 Å². The number of thiazole rings is 1. The smallest absolute Gasteiger partial charge is 0.182 e. The highest BCUT2D eigenvalue weighted by atomic mass is 32.1. The molecule has 3 nitrogen and oxygen atoms in total. The van der Waals surface area contributed by atoms with Gasteiger partial charge in [-0.2, -0.15) is 0 Å². The summed E-state index contributed by atoms with van der Waals surface area (Å²) in [4.78, 5) is 4.46. The van der Waals surface area contributed by atoms with Crippen LogP contribution < -0.4 is 10.6 Å². The van der Waals surface area contributed by atoms with Gasteiger partial charge < -0.3 is 10.6 Å². The maximum absolute atomic E-state index is 4.46. The molecule has 0 spiro atoms. The number of nitrogens with one attached hydrogen (secondary N) is 2. The number of anilines is 1. The molecule has 0 amide bonds. The van der Waals surface area contributed by atoms with E-state index in [0.717, 1.165) is 11.7 Å². The summed E-state index contributed by atoms with van der Waals surface area (Å²) in [7, 11) is 1.91. The van der Waals surface area contributed by atoms with Crippen molar-refractivity contribution in [3.05, 3.63) is 11.1 Å². The molecule has 0 aromatic carbocycles. The van der Waals surface area contributed by atoms with Gasteiger partial charge in [0.15, 0.2) is 5.13 Å². The van der Waals surface area contributed by atoms with E-state index < -0.39 is 0 Å². The fourth-order valence-corrected chi connectivity index (χ4v) is 2.22. The third-order valence-corrected chi connectivity index (χ3v) is 3.03. The molecule has 1 fully saturated rings. The van der Waals surface area contributed by atoms with Gasteiger partial charge in [0.1, 0.15) is 0 Å². The van der Waals surface area contributed by atoms with E-state index in [4.69, 9.17) is 0 Å². The molecule has 1 aliphatic rings. The van der Waals surface area contributed by atoms with Crippen molar-refractivity contribution < 1.29 is 0 Å². The monoisotopic (exact) mass is 183 g/mol. The fraction of sp³-hybridized carbons (Fsp3) is 0.625. The van der Waals surface area contributed by atoms with Gasteiger partial charge in [0.25, 0.3) is 0 Å². The first-order valence-corrected chi connectivity index (χ1v) is 5.14. The predicted molar refractivity (Wildman–Crippen MR) is 51.6 cm³/mol. The van der Waals surface area contributed by atoms with Crippen molar-refractivity contribution in [3.63, 3.8) is 0 Å². The number of hydrogen-bond donors (Lipinski definition) is 2. The Balaban J connectivity index is 2.11. The number of hydrogen-bond acceptors (Lipinski definition) is 4. The minimum absolute atomic E-state index is 0.503. The minimum atomic E-state index is 0.503. The Morgan fingerprint density at radius 1 is 1.75 bits per heavy atom. The molecule has 1 atom stereocenters. The molecule has 0 aliphatic carbocycles. The summed E-state index contributed by atoms with van der Waals surface area (Å²) in [5.74, 6) is 0. The molecule has 1 saturated heterocycles. The van der Waals surface area contributed by atoms with Crippen LogP contribution in [0.1, 0.15) is 24.6 Å². The summed E-state index contributed by atoms with van der Waals surface area (Å²) in [6.45, 7) is 1.14. The average Bonchev–Trinajstić information content (AvgIpc) is 2.75. The summed E-state index contributed by atoms with van der Waals surface area (Å²) < 4.78 is 0.